The van der Waals surface area contributed by atoms with E-state index in [-0.39, 0.29) is 0 Å². The highest BCUT2D eigenvalue weighted by atomic mass is 79.9. The third-order valence-electron chi connectivity index (χ3n) is 3.70. The van der Waals surface area contributed by atoms with Crippen molar-refractivity contribution in [3.63, 3.8) is 0 Å². The molecule has 0 saturated heterocycles. The van der Waals surface area contributed by atoms with Crippen LogP contribution in [-0.4, -0.2) is 22.6 Å². The zero-order chi connectivity index (χ0) is 17.0. The number of carbonyl (C=O) groups excluding carboxylic acids is 1. The van der Waals surface area contributed by atoms with Gasteiger partial charge < -0.3 is 15.7 Å². The largest absolute Gasteiger partial charge is 0.479 e. The fourth-order valence-electron chi connectivity index (χ4n) is 2.37. The number of urea groups is 1. The normalized spacial score (nSPS) is 14.0. The summed E-state index contributed by atoms with van der Waals surface area (Å²) in [6, 6.07) is 6.56. The Morgan fingerprint density at radius 3 is 2.14 bits per heavy atom. The molecular formula is C16H23BrN2O3. The van der Waals surface area contributed by atoms with Crippen molar-refractivity contribution in [2.75, 3.05) is 5.32 Å². The number of benzene rings is 1. The Kier molecular flexibility index (Phi) is 6.00. The van der Waals surface area contributed by atoms with E-state index in [1.807, 2.05) is 27.7 Å². The average Bonchev–Trinajstić information content (AvgIpc) is 2.39. The smallest absolute Gasteiger partial charge is 0.330 e. The molecule has 0 saturated carbocycles. The molecular weight excluding hydrogens is 348 g/mol. The number of rotatable bonds is 5. The van der Waals surface area contributed by atoms with Gasteiger partial charge in [-0.25, -0.2) is 9.59 Å². The van der Waals surface area contributed by atoms with Gasteiger partial charge in [-0.1, -0.05) is 50.0 Å². The molecule has 3 N–H and O–H groups in total. The molecule has 0 aromatic heterocycles. The molecule has 0 radical (unpaired) electrons. The topological polar surface area (TPSA) is 78.4 Å². The van der Waals surface area contributed by atoms with Crippen LogP contribution in [0.4, 0.5) is 10.5 Å². The summed E-state index contributed by atoms with van der Waals surface area (Å²) in [6.45, 7) is 7.35. The molecule has 0 aliphatic carbocycles. The molecule has 1 rings (SSSR count). The lowest BCUT2D eigenvalue weighted by molar-refractivity contribution is -0.149. The minimum atomic E-state index is -1.32. The zero-order valence-corrected chi connectivity index (χ0v) is 15.0. The van der Waals surface area contributed by atoms with Crippen molar-refractivity contribution in [2.45, 2.75) is 46.1 Å². The third kappa shape index (κ3) is 4.22. The fourth-order valence-corrected chi connectivity index (χ4v) is 2.63. The summed E-state index contributed by atoms with van der Waals surface area (Å²) in [7, 11) is 0. The summed E-state index contributed by atoms with van der Waals surface area (Å²) in [4.78, 5) is 24.1. The predicted molar refractivity (Wildman–Crippen MR) is 91.0 cm³/mol. The van der Waals surface area contributed by atoms with Crippen molar-refractivity contribution in [2.24, 2.45) is 5.41 Å². The maximum atomic E-state index is 12.2. The monoisotopic (exact) mass is 370 g/mol. The van der Waals surface area contributed by atoms with Gasteiger partial charge in [0.1, 0.15) is 5.54 Å². The van der Waals surface area contributed by atoms with Gasteiger partial charge in [0.2, 0.25) is 0 Å². The Morgan fingerprint density at radius 1 is 1.18 bits per heavy atom. The van der Waals surface area contributed by atoms with Crippen LogP contribution in [0, 0.1) is 5.41 Å². The van der Waals surface area contributed by atoms with E-state index in [9.17, 15) is 14.7 Å². The molecule has 0 bridgehead atoms. The van der Waals surface area contributed by atoms with Crippen molar-refractivity contribution in [3.05, 3.63) is 28.7 Å². The first-order valence-corrected chi connectivity index (χ1v) is 8.00. The van der Waals surface area contributed by atoms with E-state index in [4.69, 9.17) is 0 Å². The number of nitrogens with one attached hydrogen (secondary N) is 2. The summed E-state index contributed by atoms with van der Waals surface area (Å²) in [5.74, 6) is -1.02. The molecule has 0 aliphatic rings. The van der Waals surface area contributed by atoms with Crippen LogP contribution in [0.2, 0.25) is 0 Å². The molecule has 1 aromatic carbocycles. The molecule has 0 heterocycles. The minimum Gasteiger partial charge on any atom is -0.479 e. The first kappa shape index (κ1) is 18.5. The van der Waals surface area contributed by atoms with Crippen molar-refractivity contribution in [1.29, 1.82) is 0 Å². The number of hydrogen-bond donors (Lipinski definition) is 3. The summed E-state index contributed by atoms with van der Waals surface area (Å²) in [6.07, 6.45) is 1.02. The number of carboxylic acid groups (broad SMARTS) is 1. The van der Waals surface area contributed by atoms with Crippen molar-refractivity contribution < 1.29 is 14.7 Å². The van der Waals surface area contributed by atoms with Crippen molar-refractivity contribution in [3.8, 4) is 0 Å². The van der Waals surface area contributed by atoms with Crippen LogP contribution in [-0.2, 0) is 4.79 Å². The second-order valence-electron chi connectivity index (χ2n) is 6.30. The zero-order valence-electron chi connectivity index (χ0n) is 13.4. The lowest BCUT2D eigenvalue weighted by atomic mass is 9.71. The first-order chi connectivity index (χ1) is 10.1. The Morgan fingerprint density at radius 2 is 1.73 bits per heavy atom. The number of anilines is 1. The van der Waals surface area contributed by atoms with Gasteiger partial charge in [0.15, 0.2) is 0 Å². The molecule has 6 heteroatoms. The minimum absolute atomic E-state index is 0.361. The van der Waals surface area contributed by atoms with Crippen LogP contribution in [0.5, 0.6) is 0 Å². The summed E-state index contributed by atoms with van der Waals surface area (Å²) < 4.78 is 0.902. The Bertz CT molecular complexity index is 537. The first-order valence-electron chi connectivity index (χ1n) is 7.20. The van der Waals surface area contributed by atoms with E-state index < -0.39 is 23.0 Å². The highest BCUT2D eigenvalue weighted by molar-refractivity contribution is 9.10. The number of amides is 2. The van der Waals surface area contributed by atoms with Gasteiger partial charge in [0.25, 0.3) is 0 Å². The van der Waals surface area contributed by atoms with Gasteiger partial charge in [-0.3, -0.25) is 0 Å². The van der Waals surface area contributed by atoms with Gasteiger partial charge in [-0.2, -0.15) is 0 Å². The fraction of sp³-hybridized carbons (Fsp3) is 0.500. The molecule has 22 heavy (non-hydrogen) atoms. The van der Waals surface area contributed by atoms with Crippen molar-refractivity contribution in [1.82, 2.24) is 5.32 Å². The quantitative estimate of drug-likeness (QED) is 0.724. The summed E-state index contributed by atoms with van der Waals surface area (Å²) in [5.41, 5.74) is -1.34. The van der Waals surface area contributed by atoms with Gasteiger partial charge in [-0.05, 0) is 36.1 Å². The van der Waals surface area contributed by atoms with Gasteiger partial charge in [-0.15, -0.1) is 0 Å². The lowest BCUT2D eigenvalue weighted by Gasteiger charge is -2.41. The lowest BCUT2D eigenvalue weighted by Crippen LogP contribution is -2.63. The number of carbonyl (C=O) groups is 2. The Balaban J connectivity index is 2.96. The van der Waals surface area contributed by atoms with Crippen LogP contribution < -0.4 is 10.6 Å². The molecule has 122 valence electrons. The SMILES string of the molecule is CCC[C@@](NC(=O)Nc1ccc(Br)cc1)(C(=O)O)C(C)(C)C. The second kappa shape index (κ2) is 7.13. The maximum absolute atomic E-state index is 12.2. The number of halogens is 1. The summed E-state index contributed by atoms with van der Waals surface area (Å²) >= 11 is 3.32. The molecule has 0 spiro atoms. The molecule has 1 atom stereocenters. The molecule has 2 amide bonds. The number of hydrogen-bond acceptors (Lipinski definition) is 2. The average molecular weight is 371 g/mol. The Labute approximate surface area is 139 Å². The Hall–Kier alpha value is -1.56. The summed E-state index contributed by atoms with van der Waals surface area (Å²) in [5, 5.41) is 15.0. The van der Waals surface area contributed by atoms with Crippen LogP contribution in [0.3, 0.4) is 0 Å². The molecule has 1 aromatic rings. The standard InChI is InChI=1S/C16H23BrN2O3/c1-5-10-16(13(20)21,15(2,3)4)19-14(22)18-12-8-6-11(17)7-9-12/h6-9H,5,10H2,1-4H3,(H,20,21)(H2,18,19,22)/t16-/m1/s1. The number of carboxylic acids is 1. The molecule has 0 fully saturated rings. The van der Waals surface area contributed by atoms with E-state index >= 15 is 0 Å². The van der Waals surface area contributed by atoms with Crippen LogP contribution >= 0.6 is 15.9 Å². The van der Waals surface area contributed by atoms with Gasteiger partial charge in [0.05, 0.1) is 0 Å². The van der Waals surface area contributed by atoms with Crippen LogP contribution in [0.25, 0.3) is 0 Å². The van der Waals surface area contributed by atoms with Gasteiger partial charge >= 0.3 is 12.0 Å². The molecule has 0 aliphatic heterocycles. The molecule has 0 unspecified atom stereocenters. The third-order valence-corrected chi connectivity index (χ3v) is 4.23. The van der Waals surface area contributed by atoms with E-state index in [1.54, 1.807) is 24.3 Å². The highest BCUT2D eigenvalue weighted by Crippen LogP contribution is 2.35. The molecule has 5 nitrogen and oxygen atoms in total. The van der Waals surface area contributed by atoms with E-state index in [2.05, 4.69) is 26.6 Å². The van der Waals surface area contributed by atoms with E-state index in [0.29, 0.717) is 18.5 Å². The van der Waals surface area contributed by atoms with E-state index in [1.165, 1.54) is 0 Å². The maximum Gasteiger partial charge on any atom is 0.330 e. The van der Waals surface area contributed by atoms with E-state index in [0.717, 1.165) is 4.47 Å². The number of aliphatic carboxylic acids is 1. The predicted octanol–water partition coefficient (Wildman–Crippen LogP) is 4.24. The second-order valence-corrected chi connectivity index (χ2v) is 7.21. The van der Waals surface area contributed by atoms with Gasteiger partial charge in [0, 0.05) is 10.2 Å². The van der Waals surface area contributed by atoms with Crippen LogP contribution in [0.1, 0.15) is 40.5 Å². The van der Waals surface area contributed by atoms with Crippen molar-refractivity contribution >= 4 is 33.6 Å². The highest BCUT2D eigenvalue weighted by Gasteiger charge is 2.49. The van der Waals surface area contributed by atoms with Crippen LogP contribution in [0.15, 0.2) is 28.7 Å².